The summed E-state index contributed by atoms with van der Waals surface area (Å²) in [5.41, 5.74) is 2.52. The van der Waals surface area contributed by atoms with Crippen molar-refractivity contribution < 1.29 is 4.84 Å². The molecule has 1 aromatic carbocycles. The molecule has 1 fully saturated rings. The largest absolute Gasteiger partial charge is 0.366 e. The number of benzene rings is 1. The van der Waals surface area contributed by atoms with Crippen molar-refractivity contribution in [2.45, 2.75) is 32.2 Å². The molecule has 0 saturated carbocycles. The molecule has 1 saturated heterocycles. The fourth-order valence-electron chi connectivity index (χ4n) is 2.39. The number of anilines is 1. The Morgan fingerprint density at radius 1 is 1.47 bits per heavy atom. The van der Waals surface area contributed by atoms with Crippen molar-refractivity contribution in [1.82, 2.24) is 0 Å². The third-order valence-corrected chi connectivity index (χ3v) is 4.26. The van der Waals surface area contributed by atoms with Crippen LogP contribution in [0.15, 0.2) is 22.7 Å². The van der Waals surface area contributed by atoms with Gasteiger partial charge in [-0.15, -0.1) is 0 Å². The Kier molecular flexibility index (Phi) is 4.42. The zero-order valence-electron chi connectivity index (χ0n) is 10.2. The fraction of sp³-hybridized carbons (Fsp3) is 0.538. The van der Waals surface area contributed by atoms with Crippen LogP contribution >= 0.6 is 15.9 Å². The summed E-state index contributed by atoms with van der Waals surface area (Å²) in [7, 11) is 0. The van der Waals surface area contributed by atoms with E-state index in [0.717, 1.165) is 17.4 Å². The van der Waals surface area contributed by atoms with E-state index in [2.05, 4.69) is 46.0 Å². The van der Waals surface area contributed by atoms with Crippen molar-refractivity contribution >= 4 is 21.6 Å². The van der Waals surface area contributed by atoms with Crippen LogP contribution < -0.4 is 10.8 Å². The first kappa shape index (κ1) is 12.9. The number of halogens is 1. The Balaban J connectivity index is 2.20. The molecule has 0 aromatic heterocycles. The van der Waals surface area contributed by atoms with Crippen molar-refractivity contribution in [1.29, 1.82) is 0 Å². The number of nitrogens with zero attached hydrogens (tertiary/aromatic N) is 1. The van der Waals surface area contributed by atoms with Crippen molar-refractivity contribution in [3.63, 3.8) is 0 Å². The molecule has 1 unspecified atom stereocenters. The van der Waals surface area contributed by atoms with Crippen LogP contribution in [0.4, 0.5) is 5.69 Å². The molecule has 0 radical (unpaired) electrons. The SMILES string of the molecule is Cc1ccc(N2CCCCC2CON)cc1Br. The lowest BCUT2D eigenvalue weighted by Crippen LogP contribution is -2.43. The molecule has 2 rings (SSSR count). The highest BCUT2D eigenvalue weighted by Gasteiger charge is 2.22. The van der Waals surface area contributed by atoms with E-state index in [-0.39, 0.29) is 0 Å². The fourth-order valence-corrected chi connectivity index (χ4v) is 2.75. The number of rotatable bonds is 3. The van der Waals surface area contributed by atoms with Gasteiger partial charge in [-0.1, -0.05) is 22.0 Å². The molecule has 3 nitrogen and oxygen atoms in total. The molecule has 17 heavy (non-hydrogen) atoms. The maximum Gasteiger partial charge on any atom is 0.0882 e. The molecule has 0 amide bonds. The first-order chi connectivity index (χ1) is 8.22. The molecule has 0 aliphatic carbocycles. The van der Waals surface area contributed by atoms with Gasteiger partial charge in [-0.05, 0) is 43.9 Å². The van der Waals surface area contributed by atoms with E-state index in [1.165, 1.54) is 24.1 Å². The molecular formula is C13H19BrN2O. The zero-order valence-corrected chi connectivity index (χ0v) is 11.7. The van der Waals surface area contributed by atoms with Gasteiger partial charge in [-0.25, -0.2) is 5.90 Å². The minimum atomic E-state index is 0.406. The second-order valence-electron chi connectivity index (χ2n) is 4.61. The Hall–Kier alpha value is -0.580. The molecule has 94 valence electrons. The van der Waals surface area contributed by atoms with Crippen LogP contribution in [0.2, 0.25) is 0 Å². The topological polar surface area (TPSA) is 38.5 Å². The van der Waals surface area contributed by atoms with Crippen molar-refractivity contribution in [2.24, 2.45) is 5.90 Å². The van der Waals surface area contributed by atoms with E-state index in [9.17, 15) is 0 Å². The number of nitrogens with two attached hydrogens (primary N) is 1. The van der Waals surface area contributed by atoms with Crippen LogP contribution in [0.1, 0.15) is 24.8 Å². The second kappa shape index (κ2) is 5.85. The molecule has 1 aliphatic heterocycles. The number of hydrogen-bond donors (Lipinski definition) is 1. The minimum Gasteiger partial charge on any atom is -0.366 e. The van der Waals surface area contributed by atoms with Crippen molar-refractivity contribution in [3.05, 3.63) is 28.2 Å². The quantitative estimate of drug-likeness (QED) is 0.872. The molecule has 1 aromatic rings. The summed E-state index contributed by atoms with van der Waals surface area (Å²) in [5, 5.41) is 0. The van der Waals surface area contributed by atoms with Crippen LogP contribution in [0.25, 0.3) is 0 Å². The van der Waals surface area contributed by atoms with Gasteiger partial charge in [0.1, 0.15) is 0 Å². The van der Waals surface area contributed by atoms with Gasteiger partial charge in [0.15, 0.2) is 0 Å². The average molecular weight is 299 g/mol. The first-order valence-electron chi connectivity index (χ1n) is 6.07. The Bertz CT molecular complexity index is 382. The van der Waals surface area contributed by atoms with Gasteiger partial charge in [0, 0.05) is 16.7 Å². The highest BCUT2D eigenvalue weighted by Crippen LogP contribution is 2.28. The van der Waals surface area contributed by atoms with Crippen molar-refractivity contribution in [2.75, 3.05) is 18.1 Å². The Labute approximate surface area is 111 Å². The van der Waals surface area contributed by atoms with Crippen LogP contribution in [0.3, 0.4) is 0 Å². The summed E-state index contributed by atoms with van der Waals surface area (Å²) < 4.78 is 1.16. The first-order valence-corrected chi connectivity index (χ1v) is 6.86. The summed E-state index contributed by atoms with van der Waals surface area (Å²) in [5.74, 6) is 5.22. The predicted octanol–water partition coefficient (Wildman–Crippen LogP) is 3.01. The van der Waals surface area contributed by atoms with E-state index in [1.54, 1.807) is 0 Å². The van der Waals surface area contributed by atoms with Crippen LogP contribution in [-0.4, -0.2) is 19.2 Å². The van der Waals surface area contributed by atoms with Crippen molar-refractivity contribution in [3.8, 4) is 0 Å². The Morgan fingerprint density at radius 3 is 3.00 bits per heavy atom. The van der Waals surface area contributed by atoms with Crippen LogP contribution in [0.5, 0.6) is 0 Å². The predicted molar refractivity (Wildman–Crippen MR) is 74.0 cm³/mol. The normalized spacial score (nSPS) is 20.6. The number of hydrogen-bond acceptors (Lipinski definition) is 3. The van der Waals surface area contributed by atoms with E-state index in [0.29, 0.717) is 12.6 Å². The highest BCUT2D eigenvalue weighted by molar-refractivity contribution is 9.10. The second-order valence-corrected chi connectivity index (χ2v) is 5.46. The van der Waals surface area contributed by atoms with Gasteiger partial charge in [0.05, 0.1) is 12.6 Å². The molecule has 1 aliphatic rings. The highest BCUT2D eigenvalue weighted by atomic mass is 79.9. The van der Waals surface area contributed by atoms with E-state index in [4.69, 9.17) is 10.7 Å². The van der Waals surface area contributed by atoms with Gasteiger partial charge >= 0.3 is 0 Å². The van der Waals surface area contributed by atoms with Crippen LogP contribution in [-0.2, 0) is 4.84 Å². The summed E-state index contributed by atoms with van der Waals surface area (Å²) in [6.07, 6.45) is 3.66. The smallest absolute Gasteiger partial charge is 0.0882 e. The van der Waals surface area contributed by atoms with E-state index < -0.39 is 0 Å². The maximum absolute atomic E-state index is 5.22. The summed E-state index contributed by atoms with van der Waals surface area (Å²) in [4.78, 5) is 7.24. The van der Waals surface area contributed by atoms with E-state index >= 15 is 0 Å². The Morgan fingerprint density at radius 2 is 2.29 bits per heavy atom. The van der Waals surface area contributed by atoms with Crippen LogP contribution in [0, 0.1) is 6.92 Å². The molecule has 1 atom stereocenters. The average Bonchev–Trinajstić information content (AvgIpc) is 2.34. The molecule has 0 spiro atoms. The van der Waals surface area contributed by atoms with Gasteiger partial charge in [-0.3, -0.25) is 0 Å². The summed E-state index contributed by atoms with van der Waals surface area (Å²) in [6, 6.07) is 6.91. The summed E-state index contributed by atoms with van der Waals surface area (Å²) in [6.45, 7) is 3.79. The monoisotopic (exact) mass is 298 g/mol. The lowest BCUT2D eigenvalue weighted by molar-refractivity contribution is 0.114. The van der Waals surface area contributed by atoms with E-state index in [1.807, 2.05) is 0 Å². The third kappa shape index (κ3) is 3.00. The standard InChI is InChI=1S/C13H19BrN2O/c1-10-5-6-11(8-13(10)14)16-7-3-2-4-12(16)9-17-15/h5-6,8,12H,2-4,7,9,15H2,1H3. The number of aryl methyl sites for hydroxylation is 1. The molecular weight excluding hydrogens is 280 g/mol. The van der Waals surface area contributed by atoms with Gasteiger partial charge in [-0.2, -0.15) is 0 Å². The third-order valence-electron chi connectivity index (χ3n) is 3.40. The maximum atomic E-state index is 5.22. The lowest BCUT2D eigenvalue weighted by Gasteiger charge is -2.37. The van der Waals surface area contributed by atoms with Gasteiger partial charge < -0.3 is 9.74 Å². The number of piperidine rings is 1. The lowest BCUT2D eigenvalue weighted by atomic mass is 10.0. The molecule has 4 heteroatoms. The molecule has 0 bridgehead atoms. The summed E-state index contributed by atoms with van der Waals surface area (Å²) >= 11 is 3.59. The minimum absolute atomic E-state index is 0.406. The zero-order chi connectivity index (χ0) is 12.3. The molecule has 2 N–H and O–H groups in total. The molecule has 1 heterocycles. The van der Waals surface area contributed by atoms with Gasteiger partial charge in [0.25, 0.3) is 0 Å². The van der Waals surface area contributed by atoms with Gasteiger partial charge in [0.2, 0.25) is 0 Å².